The first-order valence-corrected chi connectivity index (χ1v) is 14.2. The van der Waals surface area contributed by atoms with Crippen molar-refractivity contribution in [3.8, 4) is 22.6 Å². The van der Waals surface area contributed by atoms with Gasteiger partial charge in [-0.05, 0) is 83.3 Å². The molecule has 42 heavy (non-hydrogen) atoms. The van der Waals surface area contributed by atoms with Crippen LogP contribution in [0.3, 0.4) is 0 Å². The van der Waals surface area contributed by atoms with E-state index in [4.69, 9.17) is 9.47 Å². The van der Waals surface area contributed by atoms with Crippen LogP contribution in [0.2, 0.25) is 0 Å². The second-order valence-electron chi connectivity index (χ2n) is 11.6. The van der Waals surface area contributed by atoms with Gasteiger partial charge in [0.1, 0.15) is 35.9 Å². The van der Waals surface area contributed by atoms with Crippen LogP contribution in [-0.4, -0.2) is 62.8 Å². The molecule has 0 aromatic heterocycles. The summed E-state index contributed by atoms with van der Waals surface area (Å²) in [6.45, 7) is 7.14. The van der Waals surface area contributed by atoms with Gasteiger partial charge in [0.25, 0.3) is 0 Å². The predicted molar refractivity (Wildman–Crippen MR) is 159 cm³/mol. The third kappa shape index (κ3) is 4.15. The van der Waals surface area contributed by atoms with Crippen LogP contribution >= 0.6 is 0 Å². The Bertz CT molecular complexity index is 1570. The standard InChI is InChI=1S/C35H36O7/c1-18-13-22(14-19(2)29(18)37)35(26-11-7-5-9-24(26)25-10-6-8-12-27(25)35)23-15-20(3)33(21(4)16-23)42-34-32(40)31(39)30(38)28(17-36)41-34/h5-16,28,30-32,34,36-40H,17H2,1-4H3/t28-,30-,31+,32-,34?/m1/s1. The lowest BCUT2D eigenvalue weighted by Gasteiger charge is -2.40. The molecule has 0 saturated carbocycles. The average Bonchev–Trinajstić information content (AvgIpc) is 3.28. The molecule has 5 N–H and O–H groups in total. The fourth-order valence-corrected chi connectivity index (χ4v) is 6.83. The number of ether oxygens (including phenoxy) is 2. The molecule has 1 unspecified atom stereocenters. The lowest BCUT2D eigenvalue weighted by molar-refractivity contribution is -0.277. The average molecular weight is 569 g/mol. The summed E-state index contributed by atoms with van der Waals surface area (Å²) >= 11 is 0. The van der Waals surface area contributed by atoms with Gasteiger partial charge >= 0.3 is 0 Å². The van der Waals surface area contributed by atoms with Crippen LogP contribution in [0.4, 0.5) is 0 Å². The number of rotatable bonds is 5. The van der Waals surface area contributed by atoms with E-state index < -0.39 is 42.7 Å². The minimum Gasteiger partial charge on any atom is -0.507 e. The fourth-order valence-electron chi connectivity index (χ4n) is 6.83. The second-order valence-corrected chi connectivity index (χ2v) is 11.6. The van der Waals surface area contributed by atoms with Gasteiger partial charge in [0, 0.05) is 0 Å². The lowest BCUT2D eigenvalue weighted by atomic mass is 9.66. The molecule has 1 heterocycles. The van der Waals surface area contributed by atoms with Gasteiger partial charge in [-0.3, -0.25) is 0 Å². The molecule has 0 spiro atoms. The van der Waals surface area contributed by atoms with Crippen molar-refractivity contribution in [2.45, 2.75) is 63.8 Å². The van der Waals surface area contributed by atoms with E-state index in [1.54, 1.807) is 0 Å². The zero-order valence-corrected chi connectivity index (χ0v) is 24.1. The Kier molecular flexibility index (Phi) is 7.12. The number of aryl methyl sites for hydroxylation is 4. The van der Waals surface area contributed by atoms with Crippen molar-refractivity contribution in [3.63, 3.8) is 0 Å². The summed E-state index contributed by atoms with van der Waals surface area (Å²) in [5.41, 5.74) is 9.09. The van der Waals surface area contributed by atoms with E-state index in [-0.39, 0.29) is 5.75 Å². The van der Waals surface area contributed by atoms with Crippen LogP contribution in [0.15, 0.2) is 72.8 Å². The third-order valence-electron chi connectivity index (χ3n) is 8.85. The lowest BCUT2D eigenvalue weighted by Crippen LogP contribution is -2.60. The molecule has 0 bridgehead atoms. The van der Waals surface area contributed by atoms with E-state index in [1.807, 2.05) is 39.8 Å². The second kappa shape index (κ2) is 10.5. The van der Waals surface area contributed by atoms with Gasteiger partial charge in [-0.1, -0.05) is 72.8 Å². The molecule has 7 heteroatoms. The summed E-state index contributed by atoms with van der Waals surface area (Å²) in [7, 11) is 0. The largest absolute Gasteiger partial charge is 0.507 e. The Morgan fingerprint density at radius 2 is 1.17 bits per heavy atom. The highest BCUT2D eigenvalue weighted by molar-refractivity contribution is 5.86. The fraction of sp³-hybridized carbons (Fsp3) is 0.314. The zero-order valence-electron chi connectivity index (χ0n) is 24.1. The maximum Gasteiger partial charge on any atom is 0.229 e. The molecule has 7 nitrogen and oxygen atoms in total. The number of aliphatic hydroxyl groups is 4. The highest BCUT2D eigenvalue weighted by atomic mass is 16.7. The van der Waals surface area contributed by atoms with Crippen molar-refractivity contribution >= 4 is 0 Å². The number of phenolic OH excluding ortho intramolecular Hbond substituents is 1. The number of aromatic hydroxyl groups is 1. The van der Waals surface area contributed by atoms with Gasteiger partial charge in [0.05, 0.1) is 12.0 Å². The first-order valence-electron chi connectivity index (χ1n) is 14.2. The maximum absolute atomic E-state index is 10.7. The summed E-state index contributed by atoms with van der Waals surface area (Å²) in [6, 6.07) is 25.1. The minimum absolute atomic E-state index is 0.282. The zero-order chi connectivity index (χ0) is 29.9. The van der Waals surface area contributed by atoms with Gasteiger partial charge in [-0.25, -0.2) is 0 Å². The Morgan fingerprint density at radius 3 is 1.67 bits per heavy atom. The molecule has 1 fully saturated rings. The number of phenols is 1. The molecule has 5 atom stereocenters. The molecule has 1 saturated heterocycles. The van der Waals surface area contributed by atoms with Crippen molar-refractivity contribution in [2.24, 2.45) is 0 Å². The number of fused-ring (bicyclic) bond motifs is 3. The smallest absolute Gasteiger partial charge is 0.229 e. The van der Waals surface area contributed by atoms with Crippen molar-refractivity contribution in [3.05, 3.63) is 117 Å². The SMILES string of the molecule is Cc1cc(C2(c3cc(C)c(OC4O[C@H](CO)[C@@H](O)[C@H](O)[C@H]4O)c(C)c3)c3ccccc3-c3ccccc32)cc(C)c1O. The molecule has 218 valence electrons. The van der Waals surface area contributed by atoms with E-state index in [9.17, 15) is 25.5 Å². The van der Waals surface area contributed by atoms with E-state index in [0.717, 1.165) is 55.6 Å². The summed E-state index contributed by atoms with van der Waals surface area (Å²) in [5.74, 6) is 0.764. The molecule has 4 aromatic carbocycles. The molecule has 0 amide bonds. The maximum atomic E-state index is 10.7. The predicted octanol–water partition coefficient (Wildman–Crippen LogP) is 4.17. The summed E-state index contributed by atoms with van der Waals surface area (Å²) in [6.07, 6.45) is -6.85. The molecule has 6 rings (SSSR count). The Morgan fingerprint density at radius 1 is 0.690 bits per heavy atom. The summed E-state index contributed by atoms with van der Waals surface area (Å²) in [5, 5.41) is 51.4. The van der Waals surface area contributed by atoms with Gasteiger partial charge in [0.2, 0.25) is 6.29 Å². The molecule has 4 aromatic rings. The Balaban J connectivity index is 1.55. The van der Waals surface area contributed by atoms with Crippen molar-refractivity contribution in [2.75, 3.05) is 6.61 Å². The van der Waals surface area contributed by atoms with Crippen molar-refractivity contribution in [1.29, 1.82) is 0 Å². The van der Waals surface area contributed by atoms with Crippen LogP contribution in [0.1, 0.15) is 44.5 Å². The molecule has 2 aliphatic rings. The molecule has 1 aliphatic heterocycles. The molecular formula is C35H36O7. The van der Waals surface area contributed by atoms with Crippen LogP contribution in [-0.2, 0) is 10.2 Å². The number of hydrogen-bond acceptors (Lipinski definition) is 7. The first-order chi connectivity index (χ1) is 20.1. The topological polar surface area (TPSA) is 120 Å². The minimum atomic E-state index is -1.53. The van der Waals surface area contributed by atoms with Crippen molar-refractivity contribution < 1.29 is 35.0 Å². The Hall–Kier alpha value is -3.72. The van der Waals surface area contributed by atoms with Crippen LogP contribution in [0.5, 0.6) is 11.5 Å². The van der Waals surface area contributed by atoms with Crippen LogP contribution < -0.4 is 4.74 Å². The number of aliphatic hydroxyl groups excluding tert-OH is 4. The third-order valence-corrected chi connectivity index (χ3v) is 8.85. The summed E-state index contributed by atoms with van der Waals surface area (Å²) < 4.78 is 11.8. The van der Waals surface area contributed by atoms with E-state index >= 15 is 0 Å². The molecule has 0 radical (unpaired) electrons. The van der Waals surface area contributed by atoms with Gasteiger partial charge in [-0.15, -0.1) is 0 Å². The monoisotopic (exact) mass is 568 g/mol. The quantitative estimate of drug-likeness (QED) is 0.216. The van der Waals surface area contributed by atoms with Crippen LogP contribution in [0, 0.1) is 27.7 Å². The van der Waals surface area contributed by atoms with E-state index in [2.05, 4.69) is 60.7 Å². The molecular weight excluding hydrogens is 532 g/mol. The normalized spacial score (nSPS) is 24.2. The highest BCUT2D eigenvalue weighted by Crippen LogP contribution is 2.57. The first kappa shape index (κ1) is 28.4. The Labute approximate surface area is 245 Å². The summed E-state index contributed by atoms with van der Waals surface area (Å²) in [4.78, 5) is 0. The van der Waals surface area contributed by atoms with Crippen molar-refractivity contribution in [1.82, 2.24) is 0 Å². The van der Waals surface area contributed by atoms with Crippen LogP contribution in [0.25, 0.3) is 11.1 Å². The molecule has 1 aliphatic carbocycles. The van der Waals surface area contributed by atoms with Gasteiger partial charge in [0.15, 0.2) is 0 Å². The number of benzene rings is 4. The van der Waals surface area contributed by atoms with Gasteiger partial charge < -0.3 is 35.0 Å². The van der Waals surface area contributed by atoms with E-state index in [1.165, 1.54) is 0 Å². The van der Waals surface area contributed by atoms with E-state index in [0.29, 0.717) is 5.75 Å². The van der Waals surface area contributed by atoms with Gasteiger partial charge in [-0.2, -0.15) is 0 Å². The number of hydrogen-bond donors (Lipinski definition) is 5. The highest BCUT2D eigenvalue weighted by Gasteiger charge is 2.48.